The number of hydrogen-bond acceptors (Lipinski definition) is 3. The second-order valence-corrected chi connectivity index (χ2v) is 5.41. The van der Waals surface area contributed by atoms with Crippen molar-refractivity contribution in [2.24, 2.45) is 0 Å². The Labute approximate surface area is 119 Å². The maximum atomic E-state index is 8.69. The molecule has 0 aliphatic heterocycles. The maximum absolute atomic E-state index is 8.69. The molecule has 1 aromatic rings. The summed E-state index contributed by atoms with van der Waals surface area (Å²) in [5, 5.41) is 11.8. The van der Waals surface area contributed by atoms with Crippen LogP contribution in [0.2, 0.25) is 0 Å². The van der Waals surface area contributed by atoms with Crippen molar-refractivity contribution in [1.29, 1.82) is 0 Å². The van der Waals surface area contributed by atoms with Gasteiger partial charge in [0.05, 0.1) is 15.6 Å². The molecule has 96 valence electrons. The highest BCUT2D eigenvalue weighted by Gasteiger charge is 2.08. The first-order valence-electron chi connectivity index (χ1n) is 5.55. The molecule has 0 spiro atoms. The lowest BCUT2D eigenvalue weighted by Crippen LogP contribution is -2.06. The van der Waals surface area contributed by atoms with Crippen molar-refractivity contribution in [3.63, 3.8) is 0 Å². The van der Waals surface area contributed by atoms with Gasteiger partial charge in [-0.05, 0) is 69.4 Å². The van der Waals surface area contributed by atoms with Crippen LogP contribution in [-0.2, 0) is 6.54 Å². The van der Waals surface area contributed by atoms with Crippen molar-refractivity contribution in [2.45, 2.75) is 19.4 Å². The SMILES string of the molecule is CNCc1cc(Br)c(OCCCCO)c(Br)c1. The molecule has 0 bridgehead atoms. The third kappa shape index (κ3) is 4.95. The molecule has 0 unspecified atom stereocenters. The molecule has 3 nitrogen and oxygen atoms in total. The Kier molecular flexibility index (Phi) is 7.11. The second kappa shape index (κ2) is 8.08. The molecule has 0 atom stereocenters. The molecule has 1 rings (SSSR count). The Bertz CT molecular complexity index is 335. The standard InChI is InChI=1S/C12H17Br2NO2/c1-15-8-9-6-10(13)12(11(14)7-9)17-5-3-2-4-16/h6-7,15-16H,2-5,8H2,1H3. The van der Waals surface area contributed by atoms with Crippen molar-refractivity contribution >= 4 is 31.9 Å². The number of aliphatic hydroxyl groups excluding tert-OH is 1. The van der Waals surface area contributed by atoms with Gasteiger partial charge in [-0.25, -0.2) is 0 Å². The third-order valence-electron chi connectivity index (χ3n) is 2.24. The second-order valence-electron chi connectivity index (χ2n) is 3.70. The van der Waals surface area contributed by atoms with E-state index in [1.165, 1.54) is 5.56 Å². The molecule has 0 aliphatic rings. The molecule has 0 saturated carbocycles. The summed E-state index contributed by atoms with van der Waals surface area (Å²) in [6.45, 7) is 1.65. The van der Waals surface area contributed by atoms with E-state index in [4.69, 9.17) is 9.84 Å². The number of halogens is 2. The number of rotatable bonds is 7. The van der Waals surface area contributed by atoms with E-state index in [-0.39, 0.29) is 6.61 Å². The monoisotopic (exact) mass is 365 g/mol. The molecule has 0 radical (unpaired) electrons. The van der Waals surface area contributed by atoms with Gasteiger partial charge in [0, 0.05) is 13.2 Å². The number of nitrogens with one attached hydrogen (secondary N) is 1. The van der Waals surface area contributed by atoms with E-state index in [1.807, 2.05) is 19.2 Å². The number of ether oxygens (including phenoxy) is 1. The van der Waals surface area contributed by atoms with Crippen LogP contribution in [0.15, 0.2) is 21.1 Å². The Morgan fingerprint density at radius 2 is 1.88 bits per heavy atom. The highest BCUT2D eigenvalue weighted by molar-refractivity contribution is 9.11. The van der Waals surface area contributed by atoms with Crippen LogP contribution in [0.4, 0.5) is 0 Å². The van der Waals surface area contributed by atoms with Crippen LogP contribution in [0, 0.1) is 0 Å². The largest absolute Gasteiger partial charge is 0.491 e. The number of benzene rings is 1. The molecule has 0 heterocycles. The van der Waals surface area contributed by atoms with Crippen molar-refractivity contribution < 1.29 is 9.84 Å². The quantitative estimate of drug-likeness (QED) is 0.728. The summed E-state index contributed by atoms with van der Waals surface area (Å²) in [5.74, 6) is 0.822. The summed E-state index contributed by atoms with van der Waals surface area (Å²) < 4.78 is 7.57. The fourth-order valence-electron chi connectivity index (χ4n) is 1.44. The van der Waals surface area contributed by atoms with E-state index in [0.29, 0.717) is 6.61 Å². The number of unbranched alkanes of at least 4 members (excludes halogenated alkanes) is 1. The Hall–Kier alpha value is -0.100. The highest BCUT2D eigenvalue weighted by atomic mass is 79.9. The predicted molar refractivity (Wildman–Crippen MR) is 76.4 cm³/mol. The van der Waals surface area contributed by atoms with E-state index < -0.39 is 0 Å². The van der Waals surface area contributed by atoms with Gasteiger partial charge in [-0.3, -0.25) is 0 Å². The van der Waals surface area contributed by atoms with Gasteiger partial charge < -0.3 is 15.2 Å². The lowest BCUT2D eigenvalue weighted by atomic mass is 10.2. The lowest BCUT2D eigenvalue weighted by molar-refractivity contribution is 0.252. The third-order valence-corrected chi connectivity index (χ3v) is 3.42. The molecule has 1 aromatic carbocycles. The van der Waals surface area contributed by atoms with Crippen molar-refractivity contribution in [2.75, 3.05) is 20.3 Å². The minimum absolute atomic E-state index is 0.215. The zero-order valence-electron chi connectivity index (χ0n) is 9.80. The Morgan fingerprint density at radius 1 is 1.24 bits per heavy atom. The number of hydrogen-bond donors (Lipinski definition) is 2. The summed E-state index contributed by atoms with van der Waals surface area (Å²) in [7, 11) is 1.92. The van der Waals surface area contributed by atoms with Crippen LogP contribution >= 0.6 is 31.9 Å². The minimum atomic E-state index is 0.215. The topological polar surface area (TPSA) is 41.5 Å². The van der Waals surface area contributed by atoms with Crippen LogP contribution in [0.5, 0.6) is 5.75 Å². The predicted octanol–water partition coefficient (Wildman–Crippen LogP) is 3.08. The zero-order chi connectivity index (χ0) is 12.7. The first-order valence-corrected chi connectivity index (χ1v) is 7.13. The van der Waals surface area contributed by atoms with Crippen LogP contribution < -0.4 is 10.1 Å². The molecule has 0 saturated heterocycles. The molecule has 0 amide bonds. The van der Waals surface area contributed by atoms with Gasteiger partial charge in [-0.15, -0.1) is 0 Å². The van der Waals surface area contributed by atoms with Gasteiger partial charge in [0.1, 0.15) is 5.75 Å². The van der Waals surface area contributed by atoms with E-state index in [2.05, 4.69) is 37.2 Å². The molecule has 17 heavy (non-hydrogen) atoms. The first-order chi connectivity index (χ1) is 8.19. The lowest BCUT2D eigenvalue weighted by Gasteiger charge is -2.12. The van der Waals surface area contributed by atoms with Crippen LogP contribution in [0.25, 0.3) is 0 Å². The van der Waals surface area contributed by atoms with Crippen molar-refractivity contribution in [3.8, 4) is 5.75 Å². The summed E-state index contributed by atoms with van der Waals surface area (Å²) in [5.41, 5.74) is 1.19. The molecule has 0 aliphatic carbocycles. The van der Waals surface area contributed by atoms with Gasteiger partial charge in [-0.1, -0.05) is 0 Å². The van der Waals surface area contributed by atoms with Gasteiger partial charge >= 0.3 is 0 Å². The van der Waals surface area contributed by atoms with E-state index in [0.717, 1.165) is 34.1 Å². The molecular weight excluding hydrogens is 350 g/mol. The van der Waals surface area contributed by atoms with Crippen LogP contribution in [-0.4, -0.2) is 25.4 Å². The van der Waals surface area contributed by atoms with Gasteiger partial charge in [-0.2, -0.15) is 0 Å². The minimum Gasteiger partial charge on any atom is -0.491 e. The Morgan fingerprint density at radius 3 is 2.41 bits per heavy atom. The van der Waals surface area contributed by atoms with Crippen LogP contribution in [0.1, 0.15) is 18.4 Å². The molecule has 5 heteroatoms. The Balaban J connectivity index is 2.65. The smallest absolute Gasteiger partial charge is 0.147 e. The van der Waals surface area contributed by atoms with Crippen molar-refractivity contribution in [1.82, 2.24) is 5.32 Å². The normalized spacial score (nSPS) is 10.6. The average molecular weight is 367 g/mol. The van der Waals surface area contributed by atoms with Gasteiger partial charge in [0.25, 0.3) is 0 Å². The molecule has 0 fully saturated rings. The summed E-state index contributed by atoms with van der Waals surface area (Å²) in [4.78, 5) is 0. The van der Waals surface area contributed by atoms with Gasteiger partial charge in [0.2, 0.25) is 0 Å². The highest BCUT2D eigenvalue weighted by Crippen LogP contribution is 2.34. The zero-order valence-corrected chi connectivity index (χ0v) is 13.0. The van der Waals surface area contributed by atoms with Crippen LogP contribution in [0.3, 0.4) is 0 Å². The summed E-state index contributed by atoms with van der Waals surface area (Å²) >= 11 is 7.01. The number of aliphatic hydroxyl groups is 1. The van der Waals surface area contributed by atoms with E-state index >= 15 is 0 Å². The van der Waals surface area contributed by atoms with E-state index in [1.54, 1.807) is 0 Å². The fraction of sp³-hybridized carbons (Fsp3) is 0.500. The summed E-state index contributed by atoms with van der Waals surface area (Å²) in [6, 6.07) is 4.09. The molecular formula is C12H17Br2NO2. The fourth-order valence-corrected chi connectivity index (χ4v) is 2.95. The van der Waals surface area contributed by atoms with Crippen molar-refractivity contribution in [3.05, 3.63) is 26.6 Å². The first kappa shape index (κ1) is 15.0. The maximum Gasteiger partial charge on any atom is 0.147 e. The average Bonchev–Trinajstić information content (AvgIpc) is 2.27. The van der Waals surface area contributed by atoms with E-state index in [9.17, 15) is 0 Å². The molecule has 2 N–H and O–H groups in total. The van der Waals surface area contributed by atoms with Gasteiger partial charge in [0.15, 0.2) is 0 Å². The summed E-state index contributed by atoms with van der Waals surface area (Å²) in [6.07, 6.45) is 1.63. The molecule has 0 aromatic heterocycles.